The third kappa shape index (κ3) is 3.10. The molecule has 0 atom stereocenters. The maximum absolute atomic E-state index is 12.8. The highest BCUT2D eigenvalue weighted by atomic mass is 32.1. The number of fused-ring (bicyclic) bond motifs is 1. The molecule has 0 spiro atoms. The highest BCUT2D eigenvalue weighted by Crippen LogP contribution is 2.29. The van der Waals surface area contributed by atoms with Crippen LogP contribution in [0.4, 0.5) is 10.5 Å². The van der Waals surface area contributed by atoms with Gasteiger partial charge in [-0.25, -0.2) is 4.79 Å². The number of hydrogen-bond donors (Lipinski definition) is 1. The van der Waals surface area contributed by atoms with Gasteiger partial charge in [-0.1, -0.05) is 12.1 Å². The zero-order valence-corrected chi connectivity index (χ0v) is 15.7. The van der Waals surface area contributed by atoms with Gasteiger partial charge < -0.3 is 14.8 Å². The quantitative estimate of drug-likeness (QED) is 0.755. The molecule has 0 saturated carbocycles. The molecule has 0 unspecified atom stereocenters. The molecule has 3 heterocycles. The van der Waals surface area contributed by atoms with Crippen LogP contribution in [-0.2, 0) is 13.0 Å². The Morgan fingerprint density at radius 2 is 2.12 bits per heavy atom. The number of anilines is 1. The second kappa shape index (κ2) is 6.92. The van der Waals surface area contributed by atoms with Crippen molar-refractivity contribution in [3.05, 3.63) is 52.5 Å². The maximum Gasteiger partial charge on any atom is 0.322 e. The molecule has 0 saturated heterocycles. The standard InChI is InChI=1S/C19H21N5OS/c1-13(2)24-12-20-22-18(24)15-5-3-4-6-16(15)21-19(25)23-9-7-17-14(11-23)8-10-26-17/h3-6,8,10,12-13H,7,9,11H2,1-2H3,(H,21,25). The van der Waals surface area contributed by atoms with Gasteiger partial charge in [-0.3, -0.25) is 0 Å². The van der Waals surface area contributed by atoms with Gasteiger partial charge in [-0.2, -0.15) is 0 Å². The fourth-order valence-electron chi connectivity index (χ4n) is 3.22. The van der Waals surface area contributed by atoms with Gasteiger partial charge in [0.25, 0.3) is 0 Å². The molecule has 0 aliphatic carbocycles. The Kier molecular flexibility index (Phi) is 4.46. The minimum atomic E-state index is -0.0788. The predicted molar refractivity (Wildman–Crippen MR) is 103 cm³/mol. The van der Waals surface area contributed by atoms with E-state index in [0.29, 0.717) is 6.54 Å². The summed E-state index contributed by atoms with van der Waals surface area (Å²) in [5.74, 6) is 0.759. The summed E-state index contributed by atoms with van der Waals surface area (Å²) in [5, 5.41) is 13.5. The molecule has 1 aromatic carbocycles. The first-order chi connectivity index (χ1) is 12.6. The van der Waals surface area contributed by atoms with Gasteiger partial charge in [0.05, 0.1) is 5.69 Å². The van der Waals surface area contributed by atoms with Crippen molar-refractivity contribution in [3.63, 3.8) is 0 Å². The molecular weight excluding hydrogens is 346 g/mol. The molecule has 1 aliphatic heterocycles. The van der Waals surface area contributed by atoms with Crippen LogP contribution < -0.4 is 5.32 Å². The second-order valence-electron chi connectivity index (χ2n) is 6.67. The van der Waals surface area contributed by atoms with E-state index in [1.807, 2.05) is 33.7 Å². The highest BCUT2D eigenvalue weighted by Gasteiger charge is 2.23. The van der Waals surface area contributed by atoms with Crippen molar-refractivity contribution in [1.82, 2.24) is 19.7 Å². The number of thiophene rings is 1. The summed E-state index contributed by atoms with van der Waals surface area (Å²) in [6.07, 6.45) is 2.64. The number of carbonyl (C=O) groups is 1. The van der Waals surface area contributed by atoms with Crippen molar-refractivity contribution in [2.24, 2.45) is 0 Å². The Hall–Kier alpha value is -2.67. The summed E-state index contributed by atoms with van der Waals surface area (Å²) in [4.78, 5) is 16.1. The van der Waals surface area contributed by atoms with E-state index in [9.17, 15) is 4.79 Å². The minimum absolute atomic E-state index is 0.0788. The molecular formula is C19H21N5OS. The fourth-order valence-corrected chi connectivity index (χ4v) is 4.11. The lowest BCUT2D eigenvalue weighted by Crippen LogP contribution is -2.38. The first kappa shape index (κ1) is 16.8. The molecule has 134 valence electrons. The molecule has 2 amide bonds. The van der Waals surface area contributed by atoms with Gasteiger partial charge in [0.2, 0.25) is 0 Å². The first-order valence-corrected chi connectivity index (χ1v) is 9.61. The summed E-state index contributed by atoms with van der Waals surface area (Å²) >= 11 is 1.77. The maximum atomic E-state index is 12.8. The van der Waals surface area contributed by atoms with Crippen LogP contribution in [0, 0.1) is 0 Å². The first-order valence-electron chi connectivity index (χ1n) is 8.73. The lowest BCUT2D eigenvalue weighted by Gasteiger charge is -2.27. The van der Waals surface area contributed by atoms with E-state index in [0.717, 1.165) is 30.0 Å². The molecule has 4 rings (SSSR count). The zero-order valence-electron chi connectivity index (χ0n) is 14.8. The number of hydrogen-bond acceptors (Lipinski definition) is 4. The average molecular weight is 367 g/mol. The van der Waals surface area contributed by atoms with E-state index >= 15 is 0 Å². The predicted octanol–water partition coefficient (Wildman–Crippen LogP) is 4.18. The number of benzene rings is 1. The summed E-state index contributed by atoms with van der Waals surface area (Å²) in [5.41, 5.74) is 2.88. The molecule has 3 aromatic rings. The molecule has 26 heavy (non-hydrogen) atoms. The van der Waals surface area contributed by atoms with Crippen molar-refractivity contribution in [2.45, 2.75) is 32.9 Å². The van der Waals surface area contributed by atoms with Gasteiger partial charge >= 0.3 is 6.03 Å². The summed E-state index contributed by atoms with van der Waals surface area (Å²) in [7, 11) is 0. The number of para-hydroxylation sites is 1. The summed E-state index contributed by atoms with van der Waals surface area (Å²) in [6.45, 7) is 5.57. The fraction of sp³-hybridized carbons (Fsp3) is 0.316. The van der Waals surface area contributed by atoms with E-state index in [-0.39, 0.29) is 12.1 Å². The van der Waals surface area contributed by atoms with Crippen LogP contribution >= 0.6 is 11.3 Å². The van der Waals surface area contributed by atoms with E-state index in [4.69, 9.17) is 0 Å². The smallest absolute Gasteiger partial charge is 0.320 e. The summed E-state index contributed by atoms with van der Waals surface area (Å²) in [6, 6.07) is 10.0. The van der Waals surface area contributed by atoms with Crippen LogP contribution in [0.15, 0.2) is 42.0 Å². The topological polar surface area (TPSA) is 63.1 Å². The molecule has 6 nitrogen and oxygen atoms in total. The monoisotopic (exact) mass is 367 g/mol. The van der Waals surface area contributed by atoms with Gasteiger partial charge in [0.15, 0.2) is 5.82 Å². The molecule has 7 heteroatoms. The molecule has 1 aliphatic rings. The van der Waals surface area contributed by atoms with Crippen molar-refractivity contribution in [3.8, 4) is 11.4 Å². The number of nitrogens with one attached hydrogen (secondary N) is 1. The summed E-state index contributed by atoms with van der Waals surface area (Å²) < 4.78 is 2.00. The third-order valence-electron chi connectivity index (χ3n) is 4.63. The van der Waals surface area contributed by atoms with Crippen LogP contribution in [0.1, 0.15) is 30.3 Å². The van der Waals surface area contributed by atoms with E-state index in [1.165, 1.54) is 10.4 Å². The number of amides is 2. The Balaban J connectivity index is 1.58. The number of aromatic nitrogens is 3. The largest absolute Gasteiger partial charge is 0.322 e. The third-order valence-corrected chi connectivity index (χ3v) is 5.66. The van der Waals surface area contributed by atoms with Crippen LogP contribution in [0.5, 0.6) is 0 Å². The average Bonchev–Trinajstić information content (AvgIpc) is 3.30. The van der Waals surface area contributed by atoms with Crippen LogP contribution in [0.3, 0.4) is 0 Å². The number of carbonyl (C=O) groups excluding carboxylic acids is 1. The Morgan fingerprint density at radius 3 is 2.96 bits per heavy atom. The lowest BCUT2D eigenvalue weighted by molar-refractivity contribution is 0.207. The highest BCUT2D eigenvalue weighted by molar-refractivity contribution is 7.10. The molecule has 2 aromatic heterocycles. The van der Waals surface area contributed by atoms with E-state index in [1.54, 1.807) is 17.7 Å². The van der Waals surface area contributed by atoms with E-state index in [2.05, 4.69) is 40.8 Å². The van der Waals surface area contributed by atoms with Crippen LogP contribution in [-0.4, -0.2) is 32.2 Å². The Labute approximate surface area is 156 Å². The Morgan fingerprint density at radius 1 is 1.27 bits per heavy atom. The number of rotatable bonds is 3. The van der Waals surface area contributed by atoms with E-state index < -0.39 is 0 Å². The van der Waals surface area contributed by atoms with Gasteiger partial charge in [0, 0.05) is 29.6 Å². The normalized spacial score (nSPS) is 13.7. The van der Waals surface area contributed by atoms with Crippen molar-refractivity contribution in [1.29, 1.82) is 0 Å². The SMILES string of the molecule is CC(C)n1cnnc1-c1ccccc1NC(=O)N1CCc2sccc2C1. The van der Waals surface area contributed by atoms with Crippen LogP contribution in [0.2, 0.25) is 0 Å². The van der Waals surface area contributed by atoms with Crippen molar-refractivity contribution < 1.29 is 4.79 Å². The van der Waals surface area contributed by atoms with Crippen molar-refractivity contribution >= 4 is 23.1 Å². The molecule has 0 fully saturated rings. The zero-order chi connectivity index (χ0) is 18.1. The lowest BCUT2D eigenvalue weighted by atomic mass is 10.1. The van der Waals surface area contributed by atoms with Gasteiger partial charge in [-0.05, 0) is 49.4 Å². The number of nitrogens with zero attached hydrogens (tertiary/aromatic N) is 4. The minimum Gasteiger partial charge on any atom is -0.320 e. The second-order valence-corrected chi connectivity index (χ2v) is 7.67. The number of urea groups is 1. The van der Waals surface area contributed by atoms with Crippen molar-refractivity contribution in [2.75, 3.05) is 11.9 Å². The van der Waals surface area contributed by atoms with Crippen LogP contribution in [0.25, 0.3) is 11.4 Å². The molecule has 0 radical (unpaired) electrons. The molecule has 1 N–H and O–H groups in total. The Bertz CT molecular complexity index is 929. The van der Waals surface area contributed by atoms with Gasteiger partial charge in [0.1, 0.15) is 6.33 Å². The molecule has 0 bridgehead atoms. The van der Waals surface area contributed by atoms with Gasteiger partial charge in [-0.15, -0.1) is 21.5 Å².